The van der Waals surface area contributed by atoms with Crippen LogP contribution in [-0.2, 0) is 4.79 Å². The number of hydrogen-bond donors (Lipinski definition) is 3. The Kier molecular flexibility index (Phi) is 4.65. The van der Waals surface area contributed by atoms with Crippen LogP contribution in [0.1, 0.15) is 28.4 Å². The van der Waals surface area contributed by atoms with Gasteiger partial charge in [0.25, 0.3) is 0 Å². The molecule has 0 amide bonds. The van der Waals surface area contributed by atoms with Gasteiger partial charge in [0, 0.05) is 28.6 Å². The smallest absolute Gasteiger partial charge is 0.337 e. The lowest BCUT2D eigenvalue weighted by molar-refractivity contribution is -0.146. The number of carboxylic acids is 1. The summed E-state index contributed by atoms with van der Waals surface area (Å²) in [5.74, 6) is -1.54. The first-order valence-corrected chi connectivity index (χ1v) is 5.99. The summed E-state index contributed by atoms with van der Waals surface area (Å²) >= 11 is 3.14. The maximum absolute atomic E-state index is 11.6. The summed E-state index contributed by atoms with van der Waals surface area (Å²) in [6.45, 7) is 0. The number of Topliss-reactive ketones (excluding diaryl/α,β-unsaturated/α-hetero) is 1. The molecule has 6 heteroatoms. The standard InChI is InChI=1S/C11H12BrNO4/c12-4-3-9(14)6-1-2-8(13)7(5-6)10(15)11(16)17/h1-2,5,10,15H,3-4,13H2,(H,16,17). The van der Waals surface area contributed by atoms with E-state index in [2.05, 4.69) is 15.9 Å². The molecule has 0 saturated heterocycles. The number of alkyl halides is 1. The van der Waals surface area contributed by atoms with E-state index in [0.29, 0.717) is 17.3 Å². The van der Waals surface area contributed by atoms with Crippen LogP contribution in [0.2, 0.25) is 0 Å². The van der Waals surface area contributed by atoms with Crippen LogP contribution in [0.15, 0.2) is 18.2 Å². The number of carbonyl (C=O) groups is 2. The molecule has 0 bridgehead atoms. The molecule has 5 nitrogen and oxygen atoms in total. The first kappa shape index (κ1) is 13.7. The van der Waals surface area contributed by atoms with Gasteiger partial charge in [-0.3, -0.25) is 4.79 Å². The Morgan fingerprint density at radius 2 is 2.06 bits per heavy atom. The van der Waals surface area contributed by atoms with E-state index in [-0.39, 0.29) is 17.0 Å². The molecule has 0 fully saturated rings. The highest BCUT2D eigenvalue weighted by molar-refractivity contribution is 9.09. The molecule has 1 rings (SSSR count). The van der Waals surface area contributed by atoms with Crippen molar-refractivity contribution in [2.75, 3.05) is 11.1 Å². The summed E-state index contributed by atoms with van der Waals surface area (Å²) in [7, 11) is 0. The third-order valence-electron chi connectivity index (χ3n) is 2.26. The van der Waals surface area contributed by atoms with Gasteiger partial charge >= 0.3 is 5.97 Å². The Morgan fingerprint density at radius 1 is 1.41 bits per heavy atom. The van der Waals surface area contributed by atoms with Crippen molar-refractivity contribution in [3.05, 3.63) is 29.3 Å². The third-order valence-corrected chi connectivity index (χ3v) is 2.66. The topological polar surface area (TPSA) is 101 Å². The molecule has 0 radical (unpaired) electrons. The first-order valence-electron chi connectivity index (χ1n) is 4.86. The van der Waals surface area contributed by atoms with Gasteiger partial charge in [0.1, 0.15) is 0 Å². The van der Waals surface area contributed by atoms with Crippen molar-refractivity contribution < 1.29 is 19.8 Å². The molecule has 17 heavy (non-hydrogen) atoms. The number of carboxylic acid groups (broad SMARTS) is 1. The number of ketones is 1. The zero-order valence-electron chi connectivity index (χ0n) is 8.89. The van der Waals surface area contributed by atoms with Gasteiger partial charge in [0.05, 0.1) is 0 Å². The number of benzene rings is 1. The maximum atomic E-state index is 11.6. The molecule has 1 atom stereocenters. The number of anilines is 1. The fourth-order valence-corrected chi connectivity index (χ4v) is 1.71. The van der Waals surface area contributed by atoms with Gasteiger partial charge in [-0.1, -0.05) is 15.9 Å². The predicted octanol–water partition coefficient (Wildman–Crippen LogP) is 1.35. The second kappa shape index (κ2) is 5.79. The van der Waals surface area contributed by atoms with Gasteiger partial charge in [-0.05, 0) is 18.2 Å². The average molecular weight is 302 g/mol. The van der Waals surface area contributed by atoms with Gasteiger partial charge in [0.15, 0.2) is 11.9 Å². The van der Waals surface area contributed by atoms with E-state index < -0.39 is 12.1 Å². The Bertz CT molecular complexity index is 447. The van der Waals surface area contributed by atoms with Gasteiger partial charge in [-0.15, -0.1) is 0 Å². The molecule has 92 valence electrons. The molecular weight excluding hydrogens is 290 g/mol. The second-order valence-corrected chi connectivity index (χ2v) is 4.24. The fourth-order valence-electron chi connectivity index (χ4n) is 1.35. The summed E-state index contributed by atoms with van der Waals surface area (Å²) in [5.41, 5.74) is 6.09. The predicted molar refractivity (Wildman–Crippen MR) is 66.2 cm³/mol. The van der Waals surface area contributed by atoms with Crippen molar-refractivity contribution in [1.82, 2.24) is 0 Å². The van der Waals surface area contributed by atoms with Crippen LogP contribution in [0.4, 0.5) is 5.69 Å². The largest absolute Gasteiger partial charge is 0.479 e. The summed E-state index contributed by atoms with van der Waals surface area (Å²) in [5, 5.41) is 18.6. The summed E-state index contributed by atoms with van der Waals surface area (Å²) in [6, 6.07) is 4.25. The molecule has 4 N–H and O–H groups in total. The minimum Gasteiger partial charge on any atom is -0.479 e. The minimum absolute atomic E-state index is 0.0397. The average Bonchev–Trinajstić information content (AvgIpc) is 2.28. The molecule has 1 aromatic carbocycles. The number of aliphatic carboxylic acids is 1. The lowest BCUT2D eigenvalue weighted by Crippen LogP contribution is -2.13. The number of halogens is 1. The van der Waals surface area contributed by atoms with Crippen LogP contribution in [0.5, 0.6) is 0 Å². The summed E-state index contributed by atoms with van der Waals surface area (Å²) in [4.78, 5) is 22.3. The van der Waals surface area contributed by atoms with Gasteiger partial charge in [0.2, 0.25) is 0 Å². The van der Waals surface area contributed by atoms with Crippen LogP contribution in [0.25, 0.3) is 0 Å². The molecule has 0 saturated carbocycles. The van der Waals surface area contributed by atoms with Gasteiger partial charge < -0.3 is 15.9 Å². The molecule has 0 aliphatic heterocycles. The van der Waals surface area contributed by atoms with E-state index in [9.17, 15) is 14.7 Å². The zero-order valence-corrected chi connectivity index (χ0v) is 10.5. The lowest BCUT2D eigenvalue weighted by atomic mass is 10.0. The normalized spacial score (nSPS) is 12.1. The van der Waals surface area contributed by atoms with Crippen molar-refractivity contribution in [1.29, 1.82) is 0 Å². The number of nitrogen functional groups attached to an aromatic ring is 1. The zero-order chi connectivity index (χ0) is 13.0. The summed E-state index contributed by atoms with van der Waals surface area (Å²) < 4.78 is 0. The van der Waals surface area contributed by atoms with Gasteiger partial charge in [-0.25, -0.2) is 4.79 Å². The second-order valence-electron chi connectivity index (χ2n) is 3.45. The number of carbonyl (C=O) groups excluding carboxylic acids is 1. The van der Waals surface area contributed by atoms with E-state index in [1.165, 1.54) is 18.2 Å². The van der Waals surface area contributed by atoms with Gasteiger partial charge in [-0.2, -0.15) is 0 Å². The molecule has 1 aromatic rings. The Hall–Kier alpha value is -1.40. The Labute approximate surface area is 106 Å². The van der Waals surface area contributed by atoms with E-state index in [4.69, 9.17) is 10.8 Å². The number of hydrogen-bond acceptors (Lipinski definition) is 4. The number of aliphatic hydroxyl groups excluding tert-OH is 1. The van der Waals surface area contributed by atoms with Crippen LogP contribution < -0.4 is 5.73 Å². The molecule has 1 unspecified atom stereocenters. The minimum atomic E-state index is -1.72. The molecule has 0 aliphatic rings. The lowest BCUT2D eigenvalue weighted by Gasteiger charge is -2.10. The highest BCUT2D eigenvalue weighted by atomic mass is 79.9. The van der Waals surface area contributed by atoms with Crippen LogP contribution in [0.3, 0.4) is 0 Å². The van der Waals surface area contributed by atoms with Crippen LogP contribution in [-0.4, -0.2) is 27.3 Å². The van der Waals surface area contributed by atoms with Crippen LogP contribution >= 0.6 is 15.9 Å². The van der Waals surface area contributed by atoms with Crippen LogP contribution in [0, 0.1) is 0 Å². The van der Waals surface area contributed by atoms with E-state index in [1.807, 2.05) is 0 Å². The highest BCUT2D eigenvalue weighted by Crippen LogP contribution is 2.23. The number of aliphatic hydroxyl groups is 1. The number of nitrogens with two attached hydrogens (primary N) is 1. The summed E-state index contributed by atoms with van der Waals surface area (Å²) in [6.07, 6.45) is -1.42. The quantitative estimate of drug-likeness (QED) is 0.433. The molecule has 0 aliphatic carbocycles. The molecule has 0 spiro atoms. The number of rotatable bonds is 5. The van der Waals surface area contributed by atoms with E-state index in [1.54, 1.807) is 0 Å². The van der Waals surface area contributed by atoms with Crippen molar-refractivity contribution in [3.8, 4) is 0 Å². The highest BCUT2D eigenvalue weighted by Gasteiger charge is 2.20. The monoisotopic (exact) mass is 301 g/mol. The fraction of sp³-hybridized carbons (Fsp3) is 0.273. The van der Waals surface area contributed by atoms with Crippen molar-refractivity contribution >= 4 is 33.4 Å². The molecule has 0 heterocycles. The maximum Gasteiger partial charge on any atom is 0.337 e. The SMILES string of the molecule is Nc1ccc(C(=O)CCBr)cc1C(O)C(=O)O. The molecular formula is C11H12BrNO4. The van der Waals surface area contributed by atoms with E-state index in [0.717, 1.165) is 0 Å². The Morgan fingerprint density at radius 3 is 2.59 bits per heavy atom. The van der Waals surface area contributed by atoms with Crippen molar-refractivity contribution in [3.63, 3.8) is 0 Å². The van der Waals surface area contributed by atoms with Crippen molar-refractivity contribution in [2.24, 2.45) is 0 Å². The first-order chi connectivity index (χ1) is 7.97. The molecule has 0 aromatic heterocycles. The third kappa shape index (κ3) is 3.28. The van der Waals surface area contributed by atoms with E-state index >= 15 is 0 Å². The Balaban J connectivity index is 3.10. The van der Waals surface area contributed by atoms with Crippen molar-refractivity contribution in [2.45, 2.75) is 12.5 Å².